The van der Waals surface area contributed by atoms with Gasteiger partial charge in [0.25, 0.3) is 0 Å². The van der Waals surface area contributed by atoms with Gasteiger partial charge >= 0.3 is 5.97 Å². The highest BCUT2D eigenvalue weighted by Crippen LogP contribution is 2.44. The Balaban J connectivity index is 2.18. The van der Waals surface area contributed by atoms with E-state index < -0.39 is 12.0 Å². The summed E-state index contributed by atoms with van der Waals surface area (Å²) in [6.07, 6.45) is 0. The molecule has 1 fully saturated rings. The highest BCUT2D eigenvalue weighted by molar-refractivity contribution is 8.15. The first-order valence-corrected chi connectivity index (χ1v) is 8.90. The monoisotopic (exact) mass is 376 g/mol. The number of esters is 1. The smallest absolute Gasteiger partial charge is 0.338 e. The summed E-state index contributed by atoms with van der Waals surface area (Å²) >= 11 is 1.38. The first-order chi connectivity index (χ1) is 12.4. The van der Waals surface area contributed by atoms with Crippen molar-refractivity contribution in [3.63, 3.8) is 0 Å². The molecule has 2 heterocycles. The molecule has 26 heavy (non-hydrogen) atoms. The summed E-state index contributed by atoms with van der Waals surface area (Å²) in [5, 5.41) is 0.327. The van der Waals surface area contributed by atoms with Gasteiger partial charge in [-0.15, -0.1) is 0 Å². The Morgan fingerprint density at radius 2 is 1.88 bits per heavy atom. The summed E-state index contributed by atoms with van der Waals surface area (Å²) in [4.78, 5) is 31.2. The van der Waals surface area contributed by atoms with E-state index in [9.17, 15) is 9.59 Å². The van der Waals surface area contributed by atoms with Crippen LogP contribution in [0.2, 0.25) is 0 Å². The van der Waals surface area contributed by atoms with Gasteiger partial charge in [-0.2, -0.15) is 0 Å². The van der Waals surface area contributed by atoms with Gasteiger partial charge in [0, 0.05) is 0 Å². The second-order valence-electron chi connectivity index (χ2n) is 5.87. The van der Waals surface area contributed by atoms with Crippen LogP contribution in [-0.4, -0.2) is 48.5 Å². The topological polar surface area (TPSA) is 77.4 Å². The number of aliphatic imine (C=N–C) groups is 1. The number of methoxy groups -OCH3 is 3. The Bertz CT molecular complexity index is 833. The summed E-state index contributed by atoms with van der Waals surface area (Å²) < 4.78 is 15.6. The summed E-state index contributed by atoms with van der Waals surface area (Å²) in [7, 11) is 4.41. The SMILES string of the molecule is COC(=O)C1=C(C)N=C2S[C@@H](C)C(=O)N2[C@H]1c1ccc(OC)c(OC)c1. The molecule has 1 aromatic carbocycles. The zero-order valence-electron chi connectivity index (χ0n) is 15.2. The van der Waals surface area contributed by atoms with E-state index >= 15 is 0 Å². The van der Waals surface area contributed by atoms with E-state index in [1.165, 1.54) is 26.0 Å². The van der Waals surface area contributed by atoms with E-state index in [2.05, 4.69) is 4.99 Å². The van der Waals surface area contributed by atoms with Crippen molar-refractivity contribution in [1.29, 1.82) is 0 Å². The third kappa shape index (κ3) is 2.84. The van der Waals surface area contributed by atoms with Crippen LogP contribution >= 0.6 is 11.8 Å². The number of hydrogen-bond donors (Lipinski definition) is 0. The van der Waals surface area contributed by atoms with Gasteiger partial charge in [-0.25, -0.2) is 9.79 Å². The molecule has 0 aliphatic carbocycles. The van der Waals surface area contributed by atoms with Crippen molar-refractivity contribution < 1.29 is 23.8 Å². The third-order valence-electron chi connectivity index (χ3n) is 4.39. The number of ether oxygens (including phenoxy) is 3. The van der Waals surface area contributed by atoms with E-state index in [4.69, 9.17) is 14.2 Å². The number of fused-ring (bicyclic) bond motifs is 1. The van der Waals surface area contributed by atoms with Gasteiger partial charge in [0.1, 0.15) is 0 Å². The quantitative estimate of drug-likeness (QED) is 0.752. The molecule has 7 nitrogen and oxygen atoms in total. The molecular formula is C18H20N2O5S. The van der Waals surface area contributed by atoms with E-state index in [1.807, 2.05) is 13.0 Å². The molecule has 0 aromatic heterocycles. The van der Waals surface area contributed by atoms with Crippen molar-refractivity contribution >= 4 is 28.8 Å². The van der Waals surface area contributed by atoms with Gasteiger partial charge in [0.15, 0.2) is 16.7 Å². The third-order valence-corrected chi connectivity index (χ3v) is 5.44. The molecule has 1 saturated heterocycles. The lowest BCUT2D eigenvalue weighted by Gasteiger charge is -2.33. The molecule has 0 radical (unpaired) electrons. The van der Waals surface area contributed by atoms with Crippen molar-refractivity contribution in [3.05, 3.63) is 35.0 Å². The van der Waals surface area contributed by atoms with E-state index in [0.717, 1.165) is 5.56 Å². The fourth-order valence-corrected chi connectivity index (χ4v) is 4.14. The normalized spacial score (nSPS) is 22.1. The fourth-order valence-electron chi connectivity index (χ4n) is 3.11. The lowest BCUT2D eigenvalue weighted by molar-refractivity contribution is -0.137. The van der Waals surface area contributed by atoms with Crippen LogP contribution in [0.5, 0.6) is 11.5 Å². The van der Waals surface area contributed by atoms with Gasteiger partial charge in [-0.1, -0.05) is 17.8 Å². The van der Waals surface area contributed by atoms with Crippen LogP contribution in [0.15, 0.2) is 34.5 Å². The molecule has 2 aliphatic heterocycles. The minimum absolute atomic E-state index is 0.0950. The standard InChI is InChI=1S/C18H20N2O5S/c1-9-14(17(22)25-5)15(20-16(21)10(2)26-18(20)19-9)11-6-7-12(23-3)13(8-11)24-4/h6-8,10,15H,1-5H3/t10-,15-/m0/s1. The first kappa shape index (κ1) is 18.3. The van der Waals surface area contributed by atoms with Crippen LogP contribution in [0.25, 0.3) is 0 Å². The molecule has 138 valence electrons. The van der Waals surface area contributed by atoms with Crippen molar-refractivity contribution in [2.75, 3.05) is 21.3 Å². The maximum absolute atomic E-state index is 12.8. The number of thioether (sulfide) groups is 1. The summed E-state index contributed by atoms with van der Waals surface area (Å²) in [6.45, 7) is 3.57. The van der Waals surface area contributed by atoms with Crippen molar-refractivity contribution in [3.8, 4) is 11.5 Å². The maximum Gasteiger partial charge on any atom is 0.338 e. The molecule has 2 aliphatic rings. The van der Waals surface area contributed by atoms with Crippen molar-refractivity contribution in [2.45, 2.75) is 25.1 Å². The molecule has 8 heteroatoms. The second-order valence-corrected chi connectivity index (χ2v) is 7.18. The number of allylic oxidation sites excluding steroid dienone is 1. The second kappa shape index (κ2) is 7.03. The number of rotatable bonds is 4. The first-order valence-electron chi connectivity index (χ1n) is 8.02. The Morgan fingerprint density at radius 1 is 1.19 bits per heavy atom. The Hall–Kier alpha value is -2.48. The Labute approximate surface area is 156 Å². The van der Waals surface area contributed by atoms with Crippen LogP contribution in [0.1, 0.15) is 25.5 Å². The highest BCUT2D eigenvalue weighted by atomic mass is 32.2. The predicted molar refractivity (Wildman–Crippen MR) is 98.3 cm³/mol. The van der Waals surface area contributed by atoms with Gasteiger partial charge in [0.2, 0.25) is 5.91 Å². The number of nitrogens with zero attached hydrogens (tertiary/aromatic N) is 2. The lowest BCUT2D eigenvalue weighted by atomic mass is 9.94. The average Bonchev–Trinajstić information content (AvgIpc) is 2.92. The van der Waals surface area contributed by atoms with Gasteiger partial charge in [-0.3, -0.25) is 9.69 Å². The molecule has 1 amide bonds. The highest BCUT2D eigenvalue weighted by Gasteiger charge is 2.46. The molecule has 0 bridgehead atoms. The molecule has 0 N–H and O–H groups in total. The van der Waals surface area contributed by atoms with Gasteiger partial charge in [0.05, 0.1) is 43.9 Å². The zero-order valence-corrected chi connectivity index (χ0v) is 16.0. The maximum atomic E-state index is 12.8. The lowest BCUT2D eigenvalue weighted by Crippen LogP contribution is -2.40. The number of amides is 1. The van der Waals surface area contributed by atoms with Crippen LogP contribution in [-0.2, 0) is 14.3 Å². The van der Waals surface area contributed by atoms with Gasteiger partial charge in [-0.05, 0) is 31.5 Å². The minimum Gasteiger partial charge on any atom is -0.493 e. The summed E-state index contributed by atoms with van der Waals surface area (Å²) in [5.41, 5.74) is 1.60. The molecule has 3 rings (SSSR count). The van der Waals surface area contributed by atoms with Crippen LogP contribution in [0.4, 0.5) is 0 Å². The van der Waals surface area contributed by atoms with Gasteiger partial charge < -0.3 is 14.2 Å². The van der Waals surface area contributed by atoms with Crippen LogP contribution in [0, 0.1) is 0 Å². The number of benzene rings is 1. The van der Waals surface area contributed by atoms with Crippen molar-refractivity contribution in [1.82, 2.24) is 4.90 Å². The van der Waals surface area contributed by atoms with E-state index in [1.54, 1.807) is 31.1 Å². The van der Waals surface area contributed by atoms with E-state index in [-0.39, 0.29) is 11.2 Å². The largest absolute Gasteiger partial charge is 0.493 e. The summed E-state index contributed by atoms with van der Waals surface area (Å²) in [6, 6.07) is 4.70. The summed E-state index contributed by atoms with van der Waals surface area (Å²) in [5.74, 6) is 0.477. The fraction of sp³-hybridized carbons (Fsp3) is 0.389. The Kier molecular flexibility index (Phi) is 4.95. The molecule has 0 unspecified atom stereocenters. The molecular weight excluding hydrogens is 356 g/mol. The Morgan fingerprint density at radius 3 is 2.50 bits per heavy atom. The average molecular weight is 376 g/mol. The molecule has 0 saturated carbocycles. The van der Waals surface area contributed by atoms with Crippen LogP contribution in [0.3, 0.4) is 0 Å². The molecule has 2 atom stereocenters. The molecule has 1 aromatic rings. The predicted octanol–water partition coefficient (Wildman–Crippen LogP) is 2.53. The zero-order chi connectivity index (χ0) is 19.0. The minimum atomic E-state index is -0.625. The number of amidine groups is 1. The van der Waals surface area contributed by atoms with Crippen LogP contribution < -0.4 is 9.47 Å². The molecule has 0 spiro atoms. The number of carbonyl (C=O) groups is 2. The number of hydrogen-bond acceptors (Lipinski definition) is 7. The number of carbonyl (C=O) groups excluding carboxylic acids is 2. The van der Waals surface area contributed by atoms with E-state index in [0.29, 0.717) is 27.9 Å². The van der Waals surface area contributed by atoms with Crippen molar-refractivity contribution in [2.24, 2.45) is 4.99 Å².